The van der Waals surface area contributed by atoms with Crippen molar-refractivity contribution in [2.45, 2.75) is 78.6 Å². The second-order valence-corrected chi connectivity index (χ2v) is 28.2. The molecule has 466 valence electrons. The van der Waals surface area contributed by atoms with Crippen LogP contribution in [0.25, 0.3) is 99.5 Å². The fourth-order valence-electron chi connectivity index (χ4n) is 14.2. The smallest absolute Gasteiger partial charge is 0.252 e. The van der Waals surface area contributed by atoms with Crippen molar-refractivity contribution in [3.63, 3.8) is 0 Å². The maximum absolute atomic E-state index is 11.7. The lowest BCUT2D eigenvalue weighted by atomic mass is 9.33. The summed E-state index contributed by atoms with van der Waals surface area (Å²) in [7, 11) is 0. The van der Waals surface area contributed by atoms with E-state index in [0.29, 0.717) is 16.8 Å². The Labute approximate surface area is 597 Å². The number of nitriles is 1. The normalized spacial score (nSPS) is 15.8. The average Bonchev–Trinajstić information content (AvgIpc) is 1.69. The zero-order valence-electron chi connectivity index (χ0n) is 74.9. The Morgan fingerprint density at radius 1 is 0.330 bits per heavy atom. The predicted molar refractivity (Wildman–Crippen MR) is 412 cm³/mol. The summed E-state index contributed by atoms with van der Waals surface area (Å²) in [5.41, 5.74) is 11.5. The van der Waals surface area contributed by atoms with Gasteiger partial charge in [-0.2, -0.15) is 5.26 Å². The fraction of sp³-hybridized carbons (Fsp3) is 0.132. The molecule has 2 aliphatic rings. The first-order valence-corrected chi connectivity index (χ1v) is 32.4. The quantitative estimate of drug-likeness (QED) is 0.142. The van der Waals surface area contributed by atoms with Crippen LogP contribution in [-0.2, 0) is 16.2 Å². The van der Waals surface area contributed by atoms with E-state index in [4.69, 9.17) is 11.0 Å². The Hall–Kier alpha value is -11.4. The Bertz CT molecular complexity index is 6790. The van der Waals surface area contributed by atoms with Gasteiger partial charge in [0, 0.05) is 61.4 Å². The van der Waals surface area contributed by atoms with E-state index in [1.54, 1.807) is 24.3 Å². The maximum Gasteiger partial charge on any atom is 0.252 e. The molecule has 0 bridgehead atoms. The van der Waals surface area contributed by atoms with Crippen molar-refractivity contribution in [2.24, 2.45) is 0 Å². The first-order valence-electron chi connectivity index (χ1n) is 42.4. The first kappa shape index (κ1) is 41.4. The Morgan fingerprint density at radius 2 is 0.804 bits per heavy atom. The van der Waals surface area contributed by atoms with Gasteiger partial charge in [0.25, 0.3) is 6.71 Å². The Balaban J connectivity index is 1.04. The van der Waals surface area contributed by atoms with Crippen molar-refractivity contribution < 1.29 is 27.4 Å². The molecule has 13 aromatic carbocycles. The summed E-state index contributed by atoms with van der Waals surface area (Å²) in [4.78, 5) is 4.30. The van der Waals surface area contributed by atoms with Crippen LogP contribution >= 0.6 is 0 Å². The number of hydrogen-bond acceptors (Lipinski definition) is 3. The Kier molecular flexibility index (Phi) is 9.56. The number of fused-ring (bicyclic) bond motifs is 10. The fourth-order valence-corrected chi connectivity index (χ4v) is 14.2. The highest BCUT2D eigenvalue weighted by molar-refractivity contribution is 7.00. The molecule has 0 aliphatic carbocycles. The number of benzene rings is 13. The summed E-state index contributed by atoms with van der Waals surface area (Å²) in [6.45, 7) is 18.9. The third-order valence-corrected chi connectivity index (χ3v) is 19.1. The van der Waals surface area contributed by atoms with Crippen LogP contribution in [0.4, 0.5) is 34.1 Å². The van der Waals surface area contributed by atoms with Crippen molar-refractivity contribution in [2.75, 3.05) is 9.80 Å². The van der Waals surface area contributed by atoms with E-state index in [1.165, 1.54) is 15.2 Å². The minimum absolute atomic E-state index is 0.103. The molecule has 0 N–H and O–H groups in total. The largest absolute Gasteiger partial charge is 0.311 e. The van der Waals surface area contributed by atoms with Crippen molar-refractivity contribution >= 4 is 101 Å². The number of hydrogen-bond donors (Lipinski definition) is 0. The van der Waals surface area contributed by atoms with Crippen LogP contribution in [0.15, 0.2) is 285 Å². The molecule has 4 heterocycles. The lowest BCUT2D eigenvalue weighted by Gasteiger charge is -2.45. The molecule has 15 aromatic rings. The molecule has 0 saturated carbocycles. The highest BCUT2D eigenvalue weighted by Crippen LogP contribution is 2.50. The molecule has 0 unspecified atom stereocenters. The highest BCUT2D eigenvalue weighted by atomic mass is 15.2. The van der Waals surface area contributed by atoms with Crippen LogP contribution in [0.1, 0.15) is 112 Å². The molecule has 0 spiro atoms. The molecule has 0 atom stereocenters. The van der Waals surface area contributed by atoms with Gasteiger partial charge < -0.3 is 18.9 Å². The first-order chi connectivity index (χ1) is 55.3. The van der Waals surface area contributed by atoms with Crippen LogP contribution in [0.3, 0.4) is 0 Å². The van der Waals surface area contributed by atoms with Gasteiger partial charge in [-0.15, -0.1) is 0 Å². The van der Waals surface area contributed by atoms with Crippen molar-refractivity contribution in [3.8, 4) is 62.0 Å². The molecule has 6 heteroatoms. The van der Waals surface area contributed by atoms with Gasteiger partial charge in [0.05, 0.1) is 60.7 Å². The summed E-state index contributed by atoms with van der Waals surface area (Å²) in [6.07, 6.45) is 0. The van der Waals surface area contributed by atoms with Gasteiger partial charge in [0.2, 0.25) is 0 Å². The zero-order valence-corrected chi connectivity index (χ0v) is 54.9. The van der Waals surface area contributed by atoms with Gasteiger partial charge in [-0.3, -0.25) is 0 Å². The molecule has 2 aliphatic heterocycles. The third-order valence-electron chi connectivity index (χ3n) is 19.1. The average molecular weight is 1270 g/mol. The van der Waals surface area contributed by atoms with E-state index in [9.17, 15) is 21.7 Å². The summed E-state index contributed by atoms with van der Waals surface area (Å²) in [5, 5.41) is 10.7. The molecule has 0 saturated heterocycles. The minimum atomic E-state index is -0.788. The molecule has 0 fully saturated rings. The van der Waals surface area contributed by atoms with E-state index < -0.39 is 144 Å². The highest BCUT2D eigenvalue weighted by Gasteiger charge is 2.45. The van der Waals surface area contributed by atoms with Gasteiger partial charge in [0.1, 0.15) is 6.07 Å². The van der Waals surface area contributed by atoms with Gasteiger partial charge in [-0.25, -0.2) is 0 Å². The van der Waals surface area contributed by atoms with Gasteiger partial charge >= 0.3 is 0 Å². The number of rotatable bonds is 8. The molecule has 0 amide bonds. The number of nitrogens with zero attached hydrogens (tertiary/aromatic N) is 5. The topological polar surface area (TPSA) is 40.1 Å². The van der Waals surface area contributed by atoms with Crippen LogP contribution in [0, 0.1) is 11.3 Å². The predicted octanol–water partition coefficient (Wildman–Crippen LogP) is 22.4. The number of aromatic nitrogens is 2. The molecule has 2 aromatic heterocycles. The van der Waals surface area contributed by atoms with Crippen molar-refractivity contribution in [1.29, 1.82) is 5.26 Å². The molecule has 17 rings (SSSR count). The Morgan fingerprint density at radius 3 is 1.38 bits per heavy atom. The molecule has 5 nitrogen and oxygen atoms in total. The van der Waals surface area contributed by atoms with E-state index >= 15 is 0 Å². The van der Waals surface area contributed by atoms with Gasteiger partial charge in [-0.1, -0.05) is 250 Å². The van der Waals surface area contributed by atoms with E-state index in [2.05, 4.69) is 164 Å². The lowest BCUT2D eigenvalue weighted by molar-refractivity contribution is 0.569. The summed E-state index contributed by atoms with van der Waals surface area (Å²) in [6, 6.07) is 43.8. The summed E-state index contributed by atoms with van der Waals surface area (Å²) < 4.78 is 189. The molecule has 0 radical (unpaired) electrons. The number of para-hydroxylation sites is 3. The van der Waals surface area contributed by atoms with E-state index in [1.807, 2.05) is 47.4 Å². The van der Waals surface area contributed by atoms with E-state index in [0.717, 1.165) is 78.1 Å². The van der Waals surface area contributed by atoms with Gasteiger partial charge in [-0.05, 0) is 191 Å². The monoisotopic (exact) mass is 1270 g/mol. The lowest BCUT2D eigenvalue weighted by Crippen LogP contribution is -2.61. The number of anilines is 6. The van der Waals surface area contributed by atoms with Crippen LogP contribution < -0.4 is 26.2 Å². The standard InChI is InChI=1S/C91H74BN5/c1-89(2,3)67-46-66(47-68(52-67)90(4,5)6)62-38-42-77-84(51-62)96(72-48-64(59-27-15-11-16-28-59)45-65(49-72)60-29-17-12-18-30-60)87-54-69(91(7,8)9)53-86-88(87)92(77)78-43-41-71(94-79-34-22-19-31-73(79)74-32-20-23-35-80(74)94)56-85(78)95(86)70-40-37-63(57-93)83(55-70)97-81-36-24-21-33-75(81)76-50-61(39-44-82(76)97)58-25-13-10-14-26-58/h10-56H,1-9H3/i10D,13D,14D,19D,20D,21D,22D,23D,24D,25D,26D,31D,32D,33D,34D,35D,36D,39D,44D,50D. The van der Waals surface area contributed by atoms with Crippen molar-refractivity contribution in [3.05, 3.63) is 307 Å². The molecule has 97 heavy (non-hydrogen) atoms. The minimum Gasteiger partial charge on any atom is -0.311 e. The van der Waals surface area contributed by atoms with Crippen LogP contribution in [-0.4, -0.2) is 15.8 Å². The van der Waals surface area contributed by atoms with Crippen LogP contribution in [0.5, 0.6) is 0 Å². The van der Waals surface area contributed by atoms with E-state index in [-0.39, 0.29) is 77.1 Å². The van der Waals surface area contributed by atoms with Gasteiger partial charge in [0.15, 0.2) is 0 Å². The second-order valence-electron chi connectivity index (χ2n) is 28.2. The zero-order chi connectivity index (χ0) is 83.6. The summed E-state index contributed by atoms with van der Waals surface area (Å²) >= 11 is 0. The molecular weight excluding hydrogens is 1170 g/mol. The third kappa shape index (κ3) is 9.89. The van der Waals surface area contributed by atoms with Crippen LogP contribution in [0.2, 0.25) is 0 Å². The second kappa shape index (κ2) is 22.4. The maximum atomic E-state index is 11.7. The molecular formula is C91H74BN5. The summed E-state index contributed by atoms with van der Waals surface area (Å²) in [5.74, 6) is 0. The SMILES string of the molecule is [2H]c1c([2H])c([2H])c(-c2c([2H])c([2H])c3c(c2[2H])c2c([2H])c([2H])c([2H])c([2H])c2n3-c2cc(N3c4cc(-n5c6c([2H])c([2H])c([2H])c([2H])c6c6c([2H])c([2H])c([2H])c([2H])c65)ccc4B4c5ccc(-c6cc(C(C)(C)C)cc(C(C)(C)C)c6)cc5N(c5cc(-c6ccccc6)cc(-c6ccccc6)c5)c5cc(C(C)(C)C)cc3c54)ccc2C#N)c([2H])c1[2H]. The van der Waals surface area contributed by atoms with Crippen molar-refractivity contribution in [1.82, 2.24) is 9.13 Å².